The van der Waals surface area contributed by atoms with Crippen LogP contribution in [-0.2, 0) is 24.0 Å². The molecule has 5 atom stereocenters. The quantitative estimate of drug-likeness (QED) is 0.148. The largest absolute Gasteiger partial charge is 0.480 e. The van der Waals surface area contributed by atoms with E-state index in [1.54, 1.807) is 20.8 Å². The zero-order valence-corrected chi connectivity index (χ0v) is 19.1. The molecule has 32 heavy (non-hydrogen) atoms. The van der Waals surface area contributed by atoms with Crippen LogP contribution in [0.5, 0.6) is 0 Å². The van der Waals surface area contributed by atoms with Crippen LogP contribution in [0.15, 0.2) is 0 Å². The molecule has 0 aromatic rings. The number of carboxylic acid groups (broad SMARTS) is 1. The molecule has 12 heteroatoms. The Kier molecular flexibility index (Phi) is 13.1. The Bertz CT molecular complexity index is 671. The highest BCUT2D eigenvalue weighted by Crippen LogP contribution is 2.09. The second-order valence-corrected chi connectivity index (χ2v) is 8.25. The van der Waals surface area contributed by atoms with Gasteiger partial charge in [-0.15, -0.1) is 0 Å². The second-order valence-electron chi connectivity index (χ2n) is 8.25. The first-order chi connectivity index (χ1) is 14.8. The van der Waals surface area contributed by atoms with Crippen molar-refractivity contribution >= 4 is 29.6 Å². The van der Waals surface area contributed by atoms with E-state index in [-0.39, 0.29) is 31.1 Å². The van der Waals surface area contributed by atoms with Gasteiger partial charge in [-0.3, -0.25) is 19.2 Å². The van der Waals surface area contributed by atoms with Crippen LogP contribution in [0, 0.1) is 11.8 Å². The van der Waals surface area contributed by atoms with Gasteiger partial charge in [0.25, 0.3) is 0 Å². The fourth-order valence-electron chi connectivity index (χ4n) is 2.77. The van der Waals surface area contributed by atoms with Gasteiger partial charge in [-0.25, -0.2) is 4.79 Å². The van der Waals surface area contributed by atoms with Crippen LogP contribution in [0.4, 0.5) is 0 Å². The summed E-state index contributed by atoms with van der Waals surface area (Å²) in [4.78, 5) is 60.2. The van der Waals surface area contributed by atoms with Crippen molar-refractivity contribution in [3.05, 3.63) is 0 Å². The number of hydrogen-bond donors (Lipinski definition) is 7. The van der Waals surface area contributed by atoms with Crippen LogP contribution in [0.25, 0.3) is 0 Å². The lowest BCUT2D eigenvalue weighted by molar-refractivity contribution is -0.143. The molecular weight excluding hydrogens is 422 g/mol. The molecule has 0 spiro atoms. The normalized spacial score (nSPS) is 15.7. The van der Waals surface area contributed by atoms with Gasteiger partial charge in [-0.1, -0.05) is 34.1 Å². The van der Waals surface area contributed by atoms with Gasteiger partial charge < -0.3 is 37.6 Å². The maximum Gasteiger partial charge on any atom is 0.328 e. The fraction of sp³-hybridized carbons (Fsp3) is 0.750. The van der Waals surface area contributed by atoms with Crippen molar-refractivity contribution in [2.45, 2.75) is 77.5 Å². The van der Waals surface area contributed by atoms with Gasteiger partial charge in [0, 0.05) is 6.42 Å². The number of nitrogens with one attached hydrogen (secondary N) is 3. The van der Waals surface area contributed by atoms with E-state index in [0.717, 1.165) is 0 Å². The van der Waals surface area contributed by atoms with Crippen LogP contribution in [0.2, 0.25) is 0 Å². The van der Waals surface area contributed by atoms with Crippen LogP contribution in [-0.4, -0.2) is 70.6 Å². The third kappa shape index (κ3) is 10.5. The van der Waals surface area contributed by atoms with Crippen molar-refractivity contribution in [3.8, 4) is 0 Å². The van der Waals surface area contributed by atoms with E-state index in [0.29, 0.717) is 6.42 Å². The molecule has 0 aromatic carbocycles. The molecule has 4 amide bonds. The number of rotatable bonds is 15. The number of aliphatic carboxylic acids is 1. The number of hydrogen-bond acceptors (Lipinski definition) is 7. The highest BCUT2D eigenvalue weighted by molar-refractivity contribution is 5.94. The summed E-state index contributed by atoms with van der Waals surface area (Å²) in [5, 5.41) is 25.3. The molecule has 0 aliphatic rings. The molecule has 12 nitrogen and oxygen atoms in total. The van der Waals surface area contributed by atoms with Gasteiger partial charge >= 0.3 is 5.97 Å². The van der Waals surface area contributed by atoms with Crippen molar-refractivity contribution in [2.24, 2.45) is 23.3 Å². The third-order valence-corrected chi connectivity index (χ3v) is 5.01. The molecule has 0 bridgehead atoms. The lowest BCUT2D eigenvalue weighted by Gasteiger charge is -2.26. The number of nitrogens with two attached hydrogens (primary N) is 2. The van der Waals surface area contributed by atoms with Crippen molar-refractivity contribution in [2.75, 3.05) is 6.61 Å². The van der Waals surface area contributed by atoms with E-state index in [4.69, 9.17) is 21.7 Å². The van der Waals surface area contributed by atoms with Crippen LogP contribution >= 0.6 is 0 Å². The van der Waals surface area contributed by atoms with Crippen molar-refractivity contribution in [3.63, 3.8) is 0 Å². The molecule has 5 unspecified atom stereocenters. The zero-order chi connectivity index (χ0) is 25.0. The number of aliphatic hydroxyl groups excluding tert-OH is 1. The molecule has 9 N–H and O–H groups in total. The van der Waals surface area contributed by atoms with Crippen LogP contribution in [0.1, 0.15) is 53.4 Å². The summed E-state index contributed by atoms with van der Waals surface area (Å²) >= 11 is 0. The van der Waals surface area contributed by atoms with Crippen molar-refractivity contribution in [1.82, 2.24) is 16.0 Å². The van der Waals surface area contributed by atoms with Gasteiger partial charge in [0.2, 0.25) is 23.6 Å². The third-order valence-electron chi connectivity index (χ3n) is 5.01. The molecule has 0 aromatic heterocycles. The average molecular weight is 460 g/mol. The maximum absolute atomic E-state index is 12.9. The minimum absolute atomic E-state index is 0.0547. The summed E-state index contributed by atoms with van der Waals surface area (Å²) < 4.78 is 0. The Morgan fingerprint density at radius 3 is 1.81 bits per heavy atom. The molecule has 0 saturated carbocycles. The van der Waals surface area contributed by atoms with E-state index < -0.39 is 60.4 Å². The minimum atomic E-state index is -1.53. The number of aliphatic hydroxyl groups is 1. The summed E-state index contributed by atoms with van der Waals surface area (Å²) in [7, 11) is 0. The van der Waals surface area contributed by atoms with Crippen LogP contribution < -0.4 is 27.4 Å². The smallest absolute Gasteiger partial charge is 0.328 e. The molecule has 0 heterocycles. The predicted molar refractivity (Wildman–Crippen MR) is 116 cm³/mol. The number of carbonyl (C=O) groups is 5. The molecular formula is C20H37N5O7. The SMILES string of the molecule is CCC(C)C(N)C(=O)NC(CCC(N)=O)C(=O)NC(CC(C)C)C(=O)NC(CO)C(=O)O. The van der Waals surface area contributed by atoms with Gasteiger partial charge in [0.15, 0.2) is 0 Å². The van der Waals surface area contributed by atoms with E-state index >= 15 is 0 Å². The summed E-state index contributed by atoms with van der Waals surface area (Å²) in [6.45, 7) is 6.41. The first-order valence-electron chi connectivity index (χ1n) is 10.6. The highest BCUT2D eigenvalue weighted by atomic mass is 16.4. The zero-order valence-electron chi connectivity index (χ0n) is 19.1. The first-order valence-corrected chi connectivity index (χ1v) is 10.6. The summed E-state index contributed by atoms with van der Waals surface area (Å²) in [5.41, 5.74) is 11.1. The fourth-order valence-corrected chi connectivity index (χ4v) is 2.77. The Balaban J connectivity index is 5.52. The van der Waals surface area contributed by atoms with Gasteiger partial charge in [-0.2, -0.15) is 0 Å². The minimum Gasteiger partial charge on any atom is -0.480 e. The lowest BCUT2D eigenvalue weighted by atomic mass is 9.98. The number of carboxylic acids is 1. The summed E-state index contributed by atoms with van der Waals surface area (Å²) in [6.07, 6.45) is 0.505. The predicted octanol–water partition coefficient (Wildman–Crippen LogP) is -1.80. The lowest BCUT2D eigenvalue weighted by Crippen LogP contribution is -2.58. The molecule has 0 saturated heterocycles. The van der Waals surface area contributed by atoms with E-state index in [1.165, 1.54) is 0 Å². The van der Waals surface area contributed by atoms with Crippen molar-refractivity contribution < 1.29 is 34.2 Å². The average Bonchev–Trinajstić information content (AvgIpc) is 2.71. The summed E-state index contributed by atoms with van der Waals surface area (Å²) in [5.74, 6) is -4.44. The second kappa shape index (κ2) is 14.4. The highest BCUT2D eigenvalue weighted by Gasteiger charge is 2.31. The summed E-state index contributed by atoms with van der Waals surface area (Å²) in [6, 6.07) is -4.72. The maximum atomic E-state index is 12.9. The number of amides is 4. The molecule has 0 fully saturated rings. The van der Waals surface area contributed by atoms with Crippen molar-refractivity contribution in [1.29, 1.82) is 0 Å². The van der Waals surface area contributed by atoms with Gasteiger partial charge in [0.05, 0.1) is 12.6 Å². The number of carbonyl (C=O) groups excluding carboxylic acids is 4. The molecule has 184 valence electrons. The molecule has 0 radical (unpaired) electrons. The standard InChI is InChI=1S/C20H37N5O7/c1-5-11(4)16(22)19(30)23-12(6-7-15(21)27)17(28)24-13(8-10(2)3)18(29)25-14(9-26)20(31)32/h10-14,16,26H,5-9,22H2,1-4H3,(H2,21,27)(H,23,30)(H,24,28)(H,25,29)(H,31,32). The Hall–Kier alpha value is -2.73. The van der Waals surface area contributed by atoms with E-state index in [9.17, 15) is 24.0 Å². The van der Waals surface area contributed by atoms with E-state index in [1.807, 2.05) is 6.92 Å². The Labute approximate surface area is 187 Å². The topological polar surface area (TPSA) is 214 Å². The van der Waals surface area contributed by atoms with Gasteiger partial charge in [-0.05, 0) is 24.7 Å². The number of primary amides is 1. The molecule has 0 rings (SSSR count). The van der Waals surface area contributed by atoms with Gasteiger partial charge in [0.1, 0.15) is 18.1 Å². The monoisotopic (exact) mass is 459 g/mol. The Morgan fingerprint density at radius 2 is 1.38 bits per heavy atom. The molecule has 0 aliphatic heterocycles. The Morgan fingerprint density at radius 1 is 0.875 bits per heavy atom. The van der Waals surface area contributed by atoms with Crippen LogP contribution in [0.3, 0.4) is 0 Å². The molecule has 0 aliphatic carbocycles. The first kappa shape index (κ1) is 29.3. The van der Waals surface area contributed by atoms with E-state index in [2.05, 4.69) is 16.0 Å².